The van der Waals surface area contributed by atoms with Gasteiger partial charge in [-0.25, -0.2) is 4.99 Å². The van der Waals surface area contributed by atoms with Crippen molar-refractivity contribution in [1.82, 2.24) is 4.90 Å². The summed E-state index contributed by atoms with van der Waals surface area (Å²) < 4.78 is 38.6. The number of carbonyl (C=O) groups excluding carboxylic acids is 1. The molecule has 2 aliphatic carbocycles. The number of aliphatic hydroxyl groups excluding tert-OH is 1. The highest BCUT2D eigenvalue weighted by Gasteiger charge is 2.68. The van der Waals surface area contributed by atoms with Crippen molar-refractivity contribution in [3.63, 3.8) is 0 Å². The van der Waals surface area contributed by atoms with Crippen LogP contribution in [0.2, 0.25) is 0 Å². The predicted molar refractivity (Wildman–Crippen MR) is 107 cm³/mol. The van der Waals surface area contributed by atoms with Crippen molar-refractivity contribution in [3.05, 3.63) is 34.9 Å². The third kappa shape index (κ3) is 3.11. The van der Waals surface area contributed by atoms with Crippen LogP contribution in [-0.2, 0) is 16.8 Å². The summed E-state index contributed by atoms with van der Waals surface area (Å²) in [6, 6.07) is 7.15. The van der Waals surface area contributed by atoms with E-state index < -0.39 is 42.1 Å². The lowest BCUT2D eigenvalue weighted by Crippen LogP contribution is -2.55. The molecule has 1 amide bonds. The molecule has 5 atom stereocenters. The first-order valence-corrected chi connectivity index (χ1v) is 10.4. The predicted octanol–water partition coefficient (Wildman–Crippen LogP) is 2.83. The summed E-state index contributed by atoms with van der Waals surface area (Å²) in [6.07, 6.45) is -4.72. The molecule has 166 valence electrons. The van der Waals surface area contributed by atoms with E-state index in [1.165, 1.54) is 0 Å². The minimum atomic E-state index is -4.44. The summed E-state index contributed by atoms with van der Waals surface area (Å²) >= 11 is 0. The standard InChI is InChI=1S/C22H25F3N4O2/c1-12-8-20(9-13(2)17(12)30)10-15-4-3-14(11-26)7-16(15)22(20)18(31)29(19(27)28-22)6-5-21(23,24)25/h3-4,7,12-13,17,30H,5-6,8-10H2,1-2H3,(H2,27,28)/t12-,13+,17?,20?,22-/m1/s1. The highest BCUT2D eigenvalue weighted by Crippen LogP contribution is 2.63. The van der Waals surface area contributed by atoms with E-state index in [1.807, 2.05) is 13.8 Å². The average Bonchev–Trinajstić information content (AvgIpc) is 3.09. The van der Waals surface area contributed by atoms with Gasteiger partial charge in [0, 0.05) is 12.0 Å². The number of nitrogens with two attached hydrogens (primary N) is 1. The van der Waals surface area contributed by atoms with E-state index in [2.05, 4.69) is 11.1 Å². The lowest BCUT2D eigenvalue weighted by molar-refractivity contribution is -0.148. The molecule has 1 heterocycles. The molecular weight excluding hydrogens is 409 g/mol. The van der Waals surface area contributed by atoms with Crippen molar-refractivity contribution in [3.8, 4) is 6.07 Å². The summed E-state index contributed by atoms with van der Waals surface area (Å²) in [5.41, 5.74) is 5.58. The van der Waals surface area contributed by atoms with Crippen LogP contribution in [-0.4, -0.2) is 40.7 Å². The Bertz CT molecular complexity index is 987. The number of nitrogens with zero attached hydrogens (tertiary/aromatic N) is 3. The van der Waals surface area contributed by atoms with Crippen LogP contribution >= 0.6 is 0 Å². The normalized spacial score (nSPS) is 34.9. The number of aliphatic hydroxyl groups is 1. The molecule has 1 saturated carbocycles. The van der Waals surface area contributed by atoms with Gasteiger partial charge < -0.3 is 10.8 Å². The second-order valence-electron chi connectivity index (χ2n) is 9.30. The largest absolute Gasteiger partial charge is 0.393 e. The number of fused-ring (bicyclic) bond motifs is 3. The lowest BCUT2D eigenvalue weighted by Gasteiger charge is -2.49. The highest BCUT2D eigenvalue weighted by molar-refractivity contribution is 6.08. The summed E-state index contributed by atoms with van der Waals surface area (Å²) in [5, 5.41) is 19.9. The van der Waals surface area contributed by atoms with Crippen LogP contribution in [0.15, 0.2) is 23.2 Å². The van der Waals surface area contributed by atoms with Gasteiger partial charge in [-0.1, -0.05) is 19.9 Å². The molecule has 0 saturated heterocycles. The fourth-order valence-corrected chi connectivity index (χ4v) is 6.03. The molecule has 9 heteroatoms. The Morgan fingerprint density at radius 3 is 2.55 bits per heavy atom. The van der Waals surface area contributed by atoms with Crippen LogP contribution in [0.3, 0.4) is 0 Å². The Labute approximate surface area is 178 Å². The van der Waals surface area contributed by atoms with E-state index in [0.717, 1.165) is 10.5 Å². The minimum Gasteiger partial charge on any atom is -0.393 e. The molecule has 3 N–H and O–H groups in total. The Kier molecular flexibility index (Phi) is 4.85. The van der Waals surface area contributed by atoms with E-state index in [1.54, 1.807) is 18.2 Å². The van der Waals surface area contributed by atoms with Gasteiger partial charge in [-0.15, -0.1) is 0 Å². The number of carbonyl (C=O) groups is 1. The molecule has 0 bridgehead atoms. The monoisotopic (exact) mass is 434 g/mol. The number of hydrogen-bond donors (Lipinski definition) is 2. The number of guanidine groups is 1. The number of rotatable bonds is 2. The molecule has 2 spiro atoms. The smallest absolute Gasteiger partial charge is 0.390 e. The Hall–Kier alpha value is -2.60. The molecule has 2 unspecified atom stereocenters. The average molecular weight is 434 g/mol. The second-order valence-corrected chi connectivity index (χ2v) is 9.30. The van der Waals surface area contributed by atoms with E-state index in [0.29, 0.717) is 30.4 Å². The summed E-state index contributed by atoms with van der Waals surface area (Å²) in [5.74, 6) is -1.05. The maximum absolute atomic E-state index is 13.8. The van der Waals surface area contributed by atoms with Gasteiger partial charge in [0.25, 0.3) is 5.91 Å². The lowest BCUT2D eigenvalue weighted by atomic mass is 9.56. The van der Waals surface area contributed by atoms with Crippen molar-refractivity contribution in [2.45, 2.75) is 57.3 Å². The maximum Gasteiger partial charge on any atom is 0.390 e. The van der Waals surface area contributed by atoms with Gasteiger partial charge in [0.05, 0.1) is 24.2 Å². The third-order valence-corrected chi connectivity index (χ3v) is 7.25. The number of nitriles is 1. The van der Waals surface area contributed by atoms with Gasteiger partial charge >= 0.3 is 6.18 Å². The zero-order valence-corrected chi connectivity index (χ0v) is 17.4. The minimum absolute atomic E-state index is 0.126. The Balaban J connectivity index is 1.86. The van der Waals surface area contributed by atoms with Crippen LogP contribution in [0.1, 0.15) is 49.8 Å². The van der Waals surface area contributed by atoms with Crippen molar-refractivity contribution in [2.75, 3.05) is 6.54 Å². The Morgan fingerprint density at radius 2 is 1.97 bits per heavy atom. The molecule has 0 aromatic heterocycles. The second kappa shape index (κ2) is 6.95. The van der Waals surface area contributed by atoms with Crippen molar-refractivity contribution in [2.24, 2.45) is 28.0 Å². The van der Waals surface area contributed by atoms with Crippen LogP contribution in [0.25, 0.3) is 0 Å². The maximum atomic E-state index is 13.8. The highest BCUT2D eigenvalue weighted by atomic mass is 19.4. The first-order chi connectivity index (χ1) is 14.4. The van der Waals surface area contributed by atoms with Gasteiger partial charge in [0.15, 0.2) is 11.5 Å². The van der Waals surface area contributed by atoms with E-state index in [9.17, 15) is 28.3 Å². The third-order valence-electron chi connectivity index (χ3n) is 7.25. The fraction of sp³-hybridized carbons (Fsp3) is 0.591. The molecule has 1 aliphatic heterocycles. The van der Waals surface area contributed by atoms with Crippen molar-refractivity contribution >= 4 is 11.9 Å². The zero-order chi connectivity index (χ0) is 22.8. The summed E-state index contributed by atoms with van der Waals surface area (Å²) in [6.45, 7) is 3.22. The van der Waals surface area contributed by atoms with Gasteiger partial charge in [-0.3, -0.25) is 9.69 Å². The molecular formula is C22H25F3N4O2. The molecule has 1 aromatic carbocycles. The first kappa shape index (κ1) is 21.6. The van der Waals surface area contributed by atoms with Gasteiger partial charge in [0.1, 0.15) is 0 Å². The topological polar surface area (TPSA) is 103 Å². The first-order valence-electron chi connectivity index (χ1n) is 10.4. The van der Waals surface area contributed by atoms with Crippen molar-refractivity contribution < 1.29 is 23.1 Å². The zero-order valence-electron chi connectivity index (χ0n) is 17.4. The number of aliphatic imine (C=N–C) groups is 1. The summed E-state index contributed by atoms with van der Waals surface area (Å²) in [7, 11) is 0. The number of benzene rings is 1. The molecule has 1 fully saturated rings. The van der Waals surface area contributed by atoms with Crippen LogP contribution in [0.5, 0.6) is 0 Å². The Morgan fingerprint density at radius 1 is 1.32 bits per heavy atom. The molecule has 4 rings (SSSR count). The molecule has 6 nitrogen and oxygen atoms in total. The fourth-order valence-electron chi connectivity index (χ4n) is 6.03. The van der Waals surface area contributed by atoms with Gasteiger partial charge in [-0.2, -0.15) is 18.4 Å². The quantitative estimate of drug-likeness (QED) is 0.747. The van der Waals surface area contributed by atoms with Crippen molar-refractivity contribution in [1.29, 1.82) is 5.26 Å². The molecule has 0 radical (unpaired) electrons. The van der Waals surface area contributed by atoms with E-state index >= 15 is 0 Å². The van der Waals surface area contributed by atoms with E-state index in [-0.39, 0.29) is 17.8 Å². The SMILES string of the molecule is C[C@@H]1CC2(Cc3ccc(C#N)cc3[C@]23N=C(N)N(CCC(F)(F)F)C3=O)C[C@H](C)C1O. The van der Waals surface area contributed by atoms with Crippen LogP contribution < -0.4 is 5.73 Å². The number of amides is 1. The van der Waals surface area contributed by atoms with Gasteiger partial charge in [0.2, 0.25) is 0 Å². The van der Waals surface area contributed by atoms with Crippen LogP contribution in [0, 0.1) is 28.6 Å². The number of alkyl halides is 3. The van der Waals surface area contributed by atoms with E-state index in [4.69, 9.17) is 5.73 Å². The number of hydrogen-bond acceptors (Lipinski definition) is 5. The van der Waals surface area contributed by atoms with Gasteiger partial charge in [-0.05, 0) is 54.4 Å². The number of halogens is 3. The van der Waals surface area contributed by atoms with Crippen LogP contribution in [0.4, 0.5) is 13.2 Å². The molecule has 3 aliphatic rings. The molecule has 1 aromatic rings. The molecule has 31 heavy (non-hydrogen) atoms. The summed E-state index contributed by atoms with van der Waals surface area (Å²) in [4.78, 5) is 19.3.